The fraction of sp³-hybridized carbons (Fsp3) is 0.923. The average molecular weight is 228 g/mol. The molecule has 1 unspecified atom stereocenters. The van der Waals surface area contributed by atoms with E-state index in [1.165, 1.54) is 19.3 Å². The topological polar surface area (TPSA) is 35.5 Å². The van der Waals surface area contributed by atoms with Crippen LogP contribution in [0.5, 0.6) is 0 Å². The molecule has 0 saturated heterocycles. The zero-order chi connectivity index (χ0) is 11.8. The minimum absolute atomic E-state index is 0.0208. The van der Waals surface area contributed by atoms with Gasteiger partial charge in [0.2, 0.25) is 0 Å². The second kappa shape index (κ2) is 7.80. The monoisotopic (exact) mass is 228 g/mol. The molecule has 1 saturated carbocycles. The molecule has 0 bridgehead atoms. The van der Waals surface area contributed by atoms with E-state index in [9.17, 15) is 4.79 Å². The lowest BCUT2D eigenvalue weighted by molar-refractivity contribution is -0.131. The fourth-order valence-electron chi connectivity index (χ4n) is 2.10. The Morgan fingerprint density at radius 3 is 2.62 bits per heavy atom. The standard InChI is InChI=1S/C13H24O3/c1-3-15-9-11(2)16-10-13(14)12-7-5-4-6-8-12/h11-12H,3-10H2,1-2H3. The Balaban J connectivity index is 2.13. The molecule has 1 fully saturated rings. The van der Waals surface area contributed by atoms with E-state index < -0.39 is 0 Å². The van der Waals surface area contributed by atoms with Crippen molar-refractivity contribution >= 4 is 5.78 Å². The highest BCUT2D eigenvalue weighted by atomic mass is 16.5. The Hall–Kier alpha value is -0.410. The number of carbonyl (C=O) groups is 1. The van der Waals surface area contributed by atoms with E-state index in [-0.39, 0.29) is 24.4 Å². The average Bonchev–Trinajstić information content (AvgIpc) is 2.34. The first kappa shape index (κ1) is 13.7. The van der Waals surface area contributed by atoms with Crippen LogP contribution in [0.4, 0.5) is 0 Å². The summed E-state index contributed by atoms with van der Waals surface area (Å²) in [5.74, 6) is 0.538. The molecule has 0 spiro atoms. The minimum Gasteiger partial charge on any atom is -0.379 e. The molecule has 0 amide bonds. The number of Topliss-reactive ketones (excluding diaryl/α,β-unsaturated/α-hetero) is 1. The van der Waals surface area contributed by atoms with Gasteiger partial charge in [-0.2, -0.15) is 0 Å². The van der Waals surface area contributed by atoms with Gasteiger partial charge in [-0.15, -0.1) is 0 Å². The lowest BCUT2D eigenvalue weighted by Gasteiger charge is -2.21. The molecule has 3 nitrogen and oxygen atoms in total. The molecule has 0 aliphatic heterocycles. The molecule has 0 aromatic heterocycles. The number of hydrogen-bond acceptors (Lipinski definition) is 3. The van der Waals surface area contributed by atoms with Gasteiger partial charge < -0.3 is 9.47 Å². The first-order valence-corrected chi connectivity index (χ1v) is 6.46. The van der Waals surface area contributed by atoms with Gasteiger partial charge in [0.25, 0.3) is 0 Å². The first-order chi connectivity index (χ1) is 7.74. The predicted molar refractivity (Wildman–Crippen MR) is 63.5 cm³/mol. The van der Waals surface area contributed by atoms with Crippen molar-refractivity contribution < 1.29 is 14.3 Å². The second-order valence-corrected chi connectivity index (χ2v) is 4.58. The molecule has 0 aromatic rings. The summed E-state index contributed by atoms with van der Waals surface area (Å²) < 4.78 is 10.7. The van der Waals surface area contributed by atoms with Crippen molar-refractivity contribution in [2.24, 2.45) is 5.92 Å². The maximum atomic E-state index is 11.8. The molecule has 1 rings (SSSR count). The lowest BCUT2D eigenvalue weighted by Crippen LogP contribution is -2.26. The van der Waals surface area contributed by atoms with Crippen LogP contribution < -0.4 is 0 Å². The first-order valence-electron chi connectivity index (χ1n) is 6.46. The van der Waals surface area contributed by atoms with Crippen LogP contribution in [0.25, 0.3) is 0 Å². The SMILES string of the molecule is CCOCC(C)OCC(=O)C1CCCCC1. The van der Waals surface area contributed by atoms with Gasteiger partial charge in [-0.25, -0.2) is 0 Å². The van der Waals surface area contributed by atoms with E-state index in [1.807, 2.05) is 13.8 Å². The number of rotatable bonds is 7. The van der Waals surface area contributed by atoms with E-state index in [1.54, 1.807) is 0 Å². The predicted octanol–water partition coefficient (Wildman–Crippen LogP) is 2.58. The van der Waals surface area contributed by atoms with Crippen molar-refractivity contribution in [1.82, 2.24) is 0 Å². The molecule has 0 heterocycles. The molecule has 94 valence electrons. The molecule has 1 atom stereocenters. The largest absolute Gasteiger partial charge is 0.379 e. The van der Waals surface area contributed by atoms with Crippen LogP contribution >= 0.6 is 0 Å². The van der Waals surface area contributed by atoms with E-state index in [4.69, 9.17) is 9.47 Å². The van der Waals surface area contributed by atoms with Gasteiger partial charge >= 0.3 is 0 Å². The zero-order valence-electron chi connectivity index (χ0n) is 10.5. The Labute approximate surface area is 98.5 Å². The summed E-state index contributed by atoms with van der Waals surface area (Å²) in [5.41, 5.74) is 0. The molecular formula is C13H24O3. The zero-order valence-corrected chi connectivity index (χ0v) is 10.5. The summed E-state index contributed by atoms with van der Waals surface area (Å²) in [4.78, 5) is 11.8. The molecule has 3 heteroatoms. The van der Waals surface area contributed by atoms with Crippen LogP contribution in [-0.2, 0) is 14.3 Å². The number of ketones is 1. The summed E-state index contributed by atoms with van der Waals surface area (Å²) in [7, 11) is 0. The number of hydrogen-bond donors (Lipinski definition) is 0. The third-order valence-electron chi connectivity index (χ3n) is 3.13. The number of carbonyl (C=O) groups excluding carboxylic acids is 1. The lowest BCUT2D eigenvalue weighted by atomic mass is 9.86. The van der Waals surface area contributed by atoms with E-state index in [0.717, 1.165) is 12.8 Å². The van der Waals surface area contributed by atoms with Gasteiger partial charge in [-0.3, -0.25) is 4.79 Å². The van der Waals surface area contributed by atoms with Gasteiger partial charge in [0, 0.05) is 12.5 Å². The molecule has 0 radical (unpaired) electrons. The third-order valence-corrected chi connectivity index (χ3v) is 3.13. The third kappa shape index (κ3) is 5.08. The highest BCUT2D eigenvalue weighted by Gasteiger charge is 2.21. The summed E-state index contributed by atoms with van der Waals surface area (Å²) in [6.45, 7) is 5.45. The Kier molecular flexibility index (Phi) is 6.65. The van der Waals surface area contributed by atoms with Crippen LogP contribution in [0.15, 0.2) is 0 Å². The highest BCUT2D eigenvalue weighted by molar-refractivity contribution is 5.82. The Morgan fingerprint density at radius 2 is 2.00 bits per heavy atom. The van der Waals surface area contributed by atoms with Crippen LogP contribution in [0.3, 0.4) is 0 Å². The van der Waals surface area contributed by atoms with Gasteiger partial charge in [-0.1, -0.05) is 19.3 Å². The maximum absolute atomic E-state index is 11.8. The summed E-state index contributed by atoms with van der Waals surface area (Å²) >= 11 is 0. The minimum atomic E-state index is 0.0208. The van der Waals surface area contributed by atoms with Gasteiger partial charge in [0.15, 0.2) is 5.78 Å². The Bertz CT molecular complexity index is 197. The van der Waals surface area contributed by atoms with Gasteiger partial charge in [0.05, 0.1) is 12.7 Å². The number of ether oxygens (including phenoxy) is 2. The van der Waals surface area contributed by atoms with Crippen molar-refractivity contribution in [3.8, 4) is 0 Å². The summed E-state index contributed by atoms with van der Waals surface area (Å²) in [6, 6.07) is 0. The van der Waals surface area contributed by atoms with Crippen molar-refractivity contribution in [3.63, 3.8) is 0 Å². The summed E-state index contributed by atoms with van der Waals surface area (Å²) in [5, 5.41) is 0. The van der Waals surface area contributed by atoms with E-state index >= 15 is 0 Å². The van der Waals surface area contributed by atoms with Crippen LogP contribution in [0, 0.1) is 5.92 Å². The highest BCUT2D eigenvalue weighted by Crippen LogP contribution is 2.24. The Morgan fingerprint density at radius 1 is 1.31 bits per heavy atom. The maximum Gasteiger partial charge on any atom is 0.161 e. The smallest absolute Gasteiger partial charge is 0.161 e. The van der Waals surface area contributed by atoms with Crippen LogP contribution in [0.2, 0.25) is 0 Å². The second-order valence-electron chi connectivity index (χ2n) is 4.58. The molecular weight excluding hydrogens is 204 g/mol. The van der Waals surface area contributed by atoms with Crippen molar-refractivity contribution in [2.45, 2.75) is 52.1 Å². The molecule has 0 aromatic carbocycles. The van der Waals surface area contributed by atoms with Crippen molar-refractivity contribution in [1.29, 1.82) is 0 Å². The summed E-state index contributed by atoms with van der Waals surface area (Å²) in [6.07, 6.45) is 5.82. The van der Waals surface area contributed by atoms with Crippen LogP contribution in [0.1, 0.15) is 46.0 Å². The molecule has 16 heavy (non-hydrogen) atoms. The van der Waals surface area contributed by atoms with Crippen molar-refractivity contribution in [2.75, 3.05) is 19.8 Å². The van der Waals surface area contributed by atoms with E-state index in [2.05, 4.69) is 0 Å². The molecule has 1 aliphatic carbocycles. The fourth-order valence-corrected chi connectivity index (χ4v) is 2.10. The van der Waals surface area contributed by atoms with Crippen molar-refractivity contribution in [3.05, 3.63) is 0 Å². The molecule has 1 aliphatic rings. The normalized spacial score (nSPS) is 19.6. The van der Waals surface area contributed by atoms with Crippen LogP contribution in [-0.4, -0.2) is 31.7 Å². The van der Waals surface area contributed by atoms with E-state index in [0.29, 0.717) is 13.2 Å². The van der Waals surface area contributed by atoms with Gasteiger partial charge in [0.1, 0.15) is 6.61 Å². The van der Waals surface area contributed by atoms with Gasteiger partial charge in [-0.05, 0) is 26.7 Å². The quantitative estimate of drug-likeness (QED) is 0.672. The molecule has 0 N–H and O–H groups in total.